The first-order valence-corrected chi connectivity index (χ1v) is 9.00. The minimum absolute atomic E-state index is 0.166. The van der Waals surface area contributed by atoms with Gasteiger partial charge in [-0.3, -0.25) is 4.79 Å². The van der Waals surface area contributed by atoms with E-state index in [4.69, 9.17) is 4.42 Å². The first-order valence-electron chi connectivity index (χ1n) is 9.00. The Morgan fingerprint density at radius 3 is 2.44 bits per heavy atom. The number of benzene rings is 1. The molecule has 0 bridgehead atoms. The second kappa shape index (κ2) is 6.39. The van der Waals surface area contributed by atoms with Gasteiger partial charge in [-0.05, 0) is 37.5 Å². The van der Waals surface area contributed by atoms with Gasteiger partial charge in [-0.15, -0.1) is 0 Å². The molecule has 4 rings (SSSR count). The van der Waals surface area contributed by atoms with Crippen LogP contribution >= 0.6 is 0 Å². The third-order valence-electron chi connectivity index (χ3n) is 5.11. The SMILES string of the molecule is Cc1cc2c(C(=O)N3CCCCCCC3)oc(=O)n2c2ccccc12. The predicted molar refractivity (Wildman–Crippen MR) is 97.2 cm³/mol. The van der Waals surface area contributed by atoms with Crippen LogP contribution in [0.5, 0.6) is 0 Å². The molecule has 1 saturated heterocycles. The van der Waals surface area contributed by atoms with Crippen LogP contribution in [0, 0.1) is 6.92 Å². The molecule has 1 aromatic carbocycles. The fourth-order valence-corrected chi connectivity index (χ4v) is 3.78. The minimum atomic E-state index is -0.499. The van der Waals surface area contributed by atoms with E-state index in [9.17, 15) is 9.59 Å². The summed E-state index contributed by atoms with van der Waals surface area (Å²) in [6, 6.07) is 9.57. The van der Waals surface area contributed by atoms with Crippen molar-refractivity contribution in [1.82, 2.24) is 9.30 Å². The number of aromatic nitrogens is 1. The van der Waals surface area contributed by atoms with E-state index < -0.39 is 5.76 Å². The van der Waals surface area contributed by atoms with Crippen LogP contribution in [-0.2, 0) is 0 Å². The highest BCUT2D eigenvalue weighted by Crippen LogP contribution is 2.24. The first-order chi connectivity index (χ1) is 12.2. The zero-order valence-electron chi connectivity index (χ0n) is 14.5. The molecule has 3 aromatic rings. The van der Waals surface area contributed by atoms with Gasteiger partial charge >= 0.3 is 5.76 Å². The zero-order valence-corrected chi connectivity index (χ0v) is 14.5. The molecular weight excluding hydrogens is 316 g/mol. The summed E-state index contributed by atoms with van der Waals surface area (Å²) in [5.74, 6) is -0.503. The van der Waals surface area contributed by atoms with Gasteiger partial charge in [-0.2, -0.15) is 0 Å². The lowest BCUT2D eigenvalue weighted by Crippen LogP contribution is -2.33. The molecule has 1 aliphatic rings. The number of pyridine rings is 1. The van der Waals surface area contributed by atoms with Crippen LogP contribution in [0.2, 0.25) is 0 Å². The van der Waals surface area contributed by atoms with E-state index in [2.05, 4.69) is 0 Å². The highest BCUT2D eigenvalue weighted by Gasteiger charge is 2.25. The number of rotatable bonds is 1. The summed E-state index contributed by atoms with van der Waals surface area (Å²) in [5, 5.41) is 0.989. The third-order valence-corrected chi connectivity index (χ3v) is 5.11. The molecule has 0 saturated carbocycles. The Balaban J connectivity index is 1.85. The average molecular weight is 338 g/mol. The van der Waals surface area contributed by atoms with Gasteiger partial charge in [0.15, 0.2) is 0 Å². The lowest BCUT2D eigenvalue weighted by molar-refractivity contribution is 0.0711. The summed E-state index contributed by atoms with van der Waals surface area (Å²) < 4.78 is 6.94. The number of carbonyl (C=O) groups excluding carboxylic acids is 1. The van der Waals surface area contributed by atoms with Crippen LogP contribution in [0.25, 0.3) is 16.4 Å². The molecule has 1 amide bonds. The van der Waals surface area contributed by atoms with Crippen molar-refractivity contribution >= 4 is 22.3 Å². The maximum atomic E-state index is 13.0. The third kappa shape index (κ3) is 2.73. The molecule has 0 atom stereocenters. The van der Waals surface area contributed by atoms with E-state index in [1.165, 1.54) is 10.8 Å². The predicted octanol–water partition coefficient (Wildman–Crippen LogP) is 3.76. The zero-order chi connectivity index (χ0) is 17.4. The number of fused-ring (bicyclic) bond motifs is 3. The van der Waals surface area contributed by atoms with Crippen LogP contribution in [0.4, 0.5) is 0 Å². The quantitative estimate of drug-likeness (QED) is 0.679. The molecule has 0 N–H and O–H groups in total. The largest absolute Gasteiger partial charge is 0.424 e. The van der Waals surface area contributed by atoms with Crippen molar-refractivity contribution in [3.63, 3.8) is 0 Å². The Kier molecular flexibility index (Phi) is 4.07. The van der Waals surface area contributed by atoms with Gasteiger partial charge in [0, 0.05) is 18.5 Å². The van der Waals surface area contributed by atoms with Gasteiger partial charge in [-0.1, -0.05) is 37.5 Å². The number of hydrogen-bond donors (Lipinski definition) is 0. The van der Waals surface area contributed by atoms with Gasteiger partial charge in [0.05, 0.1) is 5.52 Å². The van der Waals surface area contributed by atoms with Crippen molar-refractivity contribution in [2.24, 2.45) is 0 Å². The van der Waals surface area contributed by atoms with Crippen LogP contribution in [0.15, 0.2) is 39.5 Å². The number of hydrogen-bond acceptors (Lipinski definition) is 3. The van der Waals surface area contributed by atoms with Crippen molar-refractivity contribution in [3.05, 3.63) is 52.2 Å². The number of likely N-dealkylation sites (tertiary alicyclic amines) is 1. The molecule has 2 aromatic heterocycles. The molecule has 5 heteroatoms. The van der Waals surface area contributed by atoms with Crippen molar-refractivity contribution in [2.45, 2.75) is 39.0 Å². The lowest BCUT2D eigenvalue weighted by Gasteiger charge is -2.23. The van der Waals surface area contributed by atoms with E-state index in [0.29, 0.717) is 5.52 Å². The molecule has 25 heavy (non-hydrogen) atoms. The number of oxazole rings is 1. The fraction of sp³-hybridized carbons (Fsp3) is 0.400. The Labute approximate surface area is 145 Å². The summed E-state index contributed by atoms with van der Waals surface area (Å²) in [5.41, 5.74) is 2.37. The van der Waals surface area contributed by atoms with E-state index in [-0.39, 0.29) is 11.7 Å². The van der Waals surface area contributed by atoms with Crippen molar-refractivity contribution in [1.29, 1.82) is 0 Å². The Bertz CT molecular complexity index is 991. The maximum Gasteiger partial charge on any atom is 0.424 e. The highest BCUT2D eigenvalue weighted by molar-refractivity contribution is 6.00. The number of amides is 1. The molecule has 0 radical (unpaired) electrons. The van der Waals surface area contributed by atoms with E-state index in [0.717, 1.165) is 55.2 Å². The second-order valence-corrected chi connectivity index (χ2v) is 6.82. The highest BCUT2D eigenvalue weighted by atomic mass is 16.4. The molecule has 130 valence electrons. The topological polar surface area (TPSA) is 54.9 Å². The normalized spacial score (nSPS) is 16.1. The first kappa shape index (κ1) is 15.9. The van der Waals surface area contributed by atoms with Gasteiger partial charge in [0.25, 0.3) is 5.91 Å². The monoisotopic (exact) mass is 338 g/mol. The number of nitrogens with zero attached hydrogens (tertiary/aromatic N) is 2. The molecule has 1 fully saturated rings. The smallest absolute Gasteiger partial charge is 0.401 e. The van der Waals surface area contributed by atoms with E-state index in [1.54, 1.807) is 0 Å². The summed E-state index contributed by atoms with van der Waals surface area (Å²) in [4.78, 5) is 27.3. The van der Waals surface area contributed by atoms with Crippen LogP contribution in [-0.4, -0.2) is 28.3 Å². The summed E-state index contributed by atoms with van der Waals surface area (Å²) in [6.07, 6.45) is 5.53. The second-order valence-electron chi connectivity index (χ2n) is 6.82. The number of aryl methyl sites for hydroxylation is 1. The maximum absolute atomic E-state index is 13.0. The van der Waals surface area contributed by atoms with E-state index in [1.807, 2.05) is 42.2 Å². The molecule has 0 unspecified atom stereocenters. The number of carbonyl (C=O) groups is 1. The summed E-state index contributed by atoms with van der Waals surface area (Å²) >= 11 is 0. The minimum Gasteiger partial charge on any atom is -0.401 e. The standard InChI is InChI=1S/C20H22N2O3/c1-14-13-17-18(19(23)21-11-7-3-2-4-8-12-21)25-20(24)22(17)16-10-6-5-9-15(14)16/h5-6,9-10,13H,2-4,7-8,11-12H2,1H3. The molecular formula is C20H22N2O3. The van der Waals surface area contributed by atoms with Crippen LogP contribution in [0.3, 0.4) is 0 Å². The molecule has 3 heterocycles. The Hall–Kier alpha value is -2.56. The van der Waals surface area contributed by atoms with Gasteiger partial charge in [0.2, 0.25) is 5.76 Å². The van der Waals surface area contributed by atoms with Crippen LogP contribution < -0.4 is 5.76 Å². The summed E-state index contributed by atoms with van der Waals surface area (Å²) in [7, 11) is 0. The average Bonchev–Trinajstić information content (AvgIpc) is 2.91. The lowest BCUT2D eigenvalue weighted by atomic mass is 10.1. The Morgan fingerprint density at radius 2 is 1.68 bits per heavy atom. The molecule has 5 nitrogen and oxygen atoms in total. The fourth-order valence-electron chi connectivity index (χ4n) is 3.78. The van der Waals surface area contributed by atoms with Crippen LogP contribution in [0.1, 0.15) is 48.2 Å². The molecule has 1 aliphatic heterocycles. The van der Waals surface area contributed by atoms with Crippen molar-refractivity contribution < 1.29 is 9.21 Å². The van der Waals surface area contributed by atoms with Gasteiger partial charge in [0.1, 0.15) is 5.52 Å². The summed E-state index contributed by atoms with van der Waals surface area (Å²) in [6.45, 7) is 3.45. The molecule has 0 spiro atoms. The molecule has 0 aliphatic carbocycles. The number of para-hydroxylation sites is 1. The van der Waals surface area contributed by atoms with Crippen molar-refractivity contribution in [2.75, 3.05) is 13.1 Å². The van der Waals surface area contributed by atoms with Crippen molar-refractivity contribution in [3.8, 4) is 0 Å². The van der Waals surface area contributed by atoms with E-state index >= 15 is 0 Å². The van der Waals surface area contributed by atoms with Gasteiger partial charge in [-0.25, -0.2) is 9.20 Å². The van der Waals surface area contributed by atoms with Gasteiger partial charge < -0.3 is 9.32 Å². The Morgan fingerprint density at radius 1 is 1.00 bits per heavy atom.